The van der Waals surface area contributed by atoms with Gasteiger partial charge in [0.15, 0.2) is 0 Å². The lowest BCUT2D eigenvalue weighted by Gasteiger charge is -2.05. The largest absolute Gasteiger partial charge is 0.508 e. The molecule has 90 valence electrons. The molecule has 0 atom stereocenters. The van der Waals surface area contributed by atoms with E-state index in [1.54, 1.807) is 23.0 Å². The number of aromatic nitrogens is 2. The minimum atomic E-state index is 0.256. The zero-order valence-corrected chi connectivity index (χ0v) is 9.50. The minimum absolute atomic E-state index is 0.256. The number of nitrogens with zero attached hydrogens (tertiary/aromatic N) is 2. The molecule has 1 heterocycles. The second kappa shape index (κ2) is 4.88. The number of aromatic hydroxyl groups is 1. The minimum Gasteiger partial charge on any atom is -0.508 e. The lowest BCUT2D eigenvalue weighted by Crippen LogP contribution is -2.08. The third kappa shape index (κ3) is 2.57. The van der Waals surface area contributed by atoms with E-state index in [0.717, 1.165) is 17.5 Å². The maximum Gasteiger partial charge on any atom is 0.125 e. The van der Waals surface area contributed by atoms with Crippen LogP contribution < -0.4 is 11.5 Å². The van der Waals surface area contributed by atoms with Gasteiger partial charge in [-0.05, 0) is 30.7 Å². The first-order valence-electron chi connectivity index (χ1n) is 5.49. The molecule has 2 aromatic rings. The van der Waals surface area contributed by atoms with Crippen molar-refractivity contribution in [2.24, 2.45) is 5.73 Å². The molecule has 5 nitrogen and oxygen atoms in total. The average molecular weight is 232 g/mol. The van der Waals surface area contributed by atoms with Crippen molar-refractivity contribution in [2.45, 2.75) is 13.0 Å². The summed E-state index contributed by atoms with van der Waals surface area (Å²) in [5, 5.41) is 13.4. The van der Waals surface area contributed by atoms with Crippen molar-refractivity contribution < 1.29 is 5.11 Å². The molecule has 17 heavy (non-hydrogen) atoms. The number of phenols is 1. The van der Waals surface area contributed by atoms with Gasteiger partial charge >= 0.3 is 0 Å². The summed E-state index contributed by atoms with van der Waals surface area (Å²) in [5.41, 5.74) is 13.5. The van der Waals surface area contributed by atoms with Crippen LogP contribution in [0, 0.1) is 0 Å². The van der Waals surface area contributed by atoms with Crippen molar-refractivity contribution in [3.8, 4) is 5.75 Å². The van der Waals surface area contributed by atoms with Gasteiger partial charge < -0.3 is 16.6 Å². The van der Waals surface area contributed by atoms with Gasteiger partial charge in [-0.1, -0.05) is 12.1 Å². The first-order valence-corrected chi connectivity index (χ1v) is 5.49. The molecular weight excluding hydrogens is 216 g/mol. The molecule has 1 aromatic heterocycles. The van der Waals surface area contributed by atoms with Crippen LogP contribution in [0.3, 0.4) is 0 Å². The van der Waals surface area contributed by atoms with E-state index in [9.17, 15) is 5.11 Å². The van der Waals surface area contributed by atoms with Gasteiger partial charge in [0.1, 0.15) is 11.6 Å². The lowest BCUT2D eigenvalue weighted by molar-refractivity contribution is 0.475. The fourth-order valence-electron chi connectivity index (χ4n) is 1.68. The molecule has 2 rings (SSSR count). The Balaban J connectivity index is 2.16. The van der Waals surface area contributed by atoms with Gasteiger partial charge in [0, 0.05) is 5.56 Å². The van der Waals surface area contributed by atoms with Crippen LogP contribution in [0.5, 0.6) is 5.75 Å². The van der Waals surface area contributed by atoms with Crippen LogP contribution in [0.25, 0.3) is 0 Å². The number of phenolic OH excluding ortho intramolecular Hbond substituents is 1. The molecule has 0 bridgehead atoms. The Kier molecular flexibility index (Phi) is 3.30. The Morgan fingerprint density at radius 1 is 1.24 bits per heavy atom. The van der Waals surface area contributed by atoms with Gasteiger partial charge in [0.25, 0.3) is 0 Å². The molecule has 5 N–H and O–H groups in total. The first-order chi connectivity index (χ1) is 8.20. The number of anilines is 1. The van der Waals surface area contributed by atoms with Crippen molar-refractivity contribution in [3.05, 3.63) is 41.6 Å². The third-order valence-corrected chi connectivity index (χ3v) is 2.64. The molecule has 0 saturated heterocycles. The number of benzene rings is 1. The highest BCUT2D eigenvalue weighted by molar-refractivity contribution is 5.39. The van der Waals surface area contributed by atoms with Crippen molar-refractivity contribution in [2.75, 3.05) is 12.3 Å². The number of rotatable bonds is 4. The van der Waals surface area contributed by atoms with Crippen LogP contribution in [0.15, 0.2) is 30.5 Å². The Morgan fingerprint density at radius 3 is 2.59 bits per heavy atom. The lowest BCUT2D eigenvalue weighted by atomic mass is 10.2. The van der Waals surface area contributed by atoms with Crippen molar-refractivity contribution >= 4 is 5.82 Å². The molecule has 0 fully saturated rings. The highest BCUT2D eigenvalue weighted by atomic mass is 16.3. The van der Waals surface area contributed by atoms with Crippen LogP contribution in [-0.4, -0.2) is 21.4 Å². The quantitative estimate of drug-likeness (QED) is 0.724. The molecule has 5 heteroatoms. The summed E-state index contributed by atoms with van der Waals surface area (Å²) in [6.07, 6.45) is 2.49. The van der Waals surface area contributed by atoms with Gasteiger partial charge in [-0.3, -0.25) is 0 Å². The normalized spacial score (nSPS) is 10.6. The fraction of sp³-hybridized carbons (Fsp3) is 0.250. The zero-order chi connectivity index (χ0) is 12.3. The topological polar surface area (TPSA) is 90.1 Å². The average Bonchev–Trinajstić information content (AvgIpc) is 2.65. The number of nitrogens with two attached hydrogens (primary N) is 2. The Hall–Kier alpha value is -2.01. The highest BCUT2D eigenvalue weighted by Gasteiger charge is 2.06. The van der Waals surface area contributed by atoms with E-state index < -0.39 is 0 Å². The van der Waals surface area contributed by atoms with Gasteiger partial charge in [-0.25, -0.2) is 4.68 Å². The molecule has 0 aliphatic carbocycles. The molecule has 0 radical (unpaired) electrons. The summed E-state index contributed by atoms with van der Waals surface area (Å²) in [4.78, 5) is 0. The highest BCUT2D eigenvalue weighted by Crippen LogP contribution is 2.15. The zero-order valence-electron chi connectivity index (χ0n) is 9.50. The Morgan fingerprint density at radius 2 is 1.94 bits per heavy atom. The summed E-state index contributed by atoms with van der Waals surface area (Å²) in [7, 11) is 0. The predicted octanol–water partition coefficient (Wildman–Crippen LogP) is 0.720. The number of hydrogen-bond donors (Lipinski definition) is 3. The third-order valence-electron chi connectivity index (χ3n) is 2.64. The van der Waals surface area contributed by atoms with E-state index in [-0.39, 0.29) is 5.75 Å². The van der Waals surface area contributed by atoms with Gasteiger partial charge in [-0.15, -0.1) is 0 Å². The summed E-state index contributed by atoms with van der Waals surface area (Å²) < 4.78 is 1.73. The molecule has 0 spiro atoms. The van der Waals surface area contributed by atoms with Gasteiger partial charge in [-0.2, -0.15) is 5.10 Å². The standard InChI is InChI=1S/C12H16N4O/c13-6-5-10-7-15-16(12(10)14)8-9-1-3-11(17)4-2-9/h1-4,7,17H,5-6,8,13-14H2. The van der Waals surface area contributed by atoms with Crippen molar-refractivity contribution in [1.82, 2.24) is 9.78 Å². The maximum absolute atomic E-state index is 9.19. The van der Waals surface area contributed by atoms with E-state index in [1.165, 1.54) is 0 Å². The van der Waals surface area contributed by atoms with E-state index in [2.05, 4.69) is 5.10 Å². The van der Waals surface area contributed by atoms with E-state index in [0.29, 0.717) is 18.9 Å². The Bertz CT molecular complexity index is 490. The van der Waals surface area contributed by atoms with Crippen LogP contribution in [-0.2, 0) is 13.0 Å². The molecule has 0 aliphatic rings. The molecule has 0 unspecified atom stereocenters. The number of nitrogen functional groups attached to an aromatic ring is 1. The summed E-state index contributed by atoms with van der Waals surface area (Å²) in [5.74, 6) is 0.912. The van der Waals surface area contributed by atoms with E-state index in [4.69, 9.17) is 11.5 Å². The van der Waals surface area contributed by atoms with Gasteiger partial charge in [0.05, 0.1) is 12.7 Å². The van der Waals surface area contributed by atoms with E-state index in [1.807, 2.05) is 12.1 Å². The summed E-state index contributed by atoms with van der Waals surface area (Å²) >= 11 is 0. The molecule has 0 aliphatic heterocycles. The van der Waals surface area contributed by atoms with Crippen LogP contribution in [0.2, 0.25) is 0 Å². The molecular formula is C12H16N4O. The van der Waals surface area contributed by atoms with Crippen LogP contribution in [0.1, 0.15) is 11.1 Å². The predicted molar refractivity (Wildman–Crippen MR) is 66.6 cm³/mol. The smallest absolute Gasteiger partial charge is 0.125 e. The van der Waals surface area contributed by atoms with Crippen LogP contribution >= 0.6 is 0 Å². The monoisotopic (exact) mass is 232 g/mol. The number of hydrogen-bond acceptors (Lipinski definition) is 4. The van der Waals surface area contributed by atoms with Crippen molar-refractivity contribution in [1.29, 1.82) is 0 Å². The van der Waals surface area contributed by atoms with Gasteiger partial charge in [0.2, 0.25) is 0 Å². The maximum atomic E-state index is 9.19. The fourth-order valence-corrected chi connectivity index (χ4v) is 1.68. The van der Waals surface area contributed by atoms with Crippen LogP contribution in [0.4, 0.5) is 5.82 Å². The second-order valence-electron chi connectivity index (χ2n) is 3.92. The second-order valence-corrected chi connectivity index (χ2v) is 3.92. The summed E-state index contributed by atoms with van der Waals surface area (Å²) in [6, 6.07) is 6.99. The first kappa shape index (κ1) is 11.5. The molecule has 0 saturated carbocycles. The Labute approximate surface area is 99.7 Å². The van der Waals surface area contributed by atoms with Crippen molar-refractivity contribution in [3.63, 3.8) is 0 Å². The van der Waals surface area contributed by atoms with E-state index >= 15 is 0 Å². The molecule has 0 amide bonds. The molecule has 1 aromatic carbocycles. The summed E-state index contributed by atoms with van der Waals surface area (Å²) in [6.45, 7) is 1.16. The SMILES string of the molecule is NCCc1cnn(Cc2ccc(O)cc2)c1N.